The van der Waals surface area contributed by atoms with E-state index in [9.17, 15) is 24.3 Å². The summed E-state index contributed by atoms with van der Waals surface area (Å²) in [6.45, 7) is 6.04. The van der Waals surface area contributed by atoms with E-state index in [1.54, 1.807) is 49.6 Å². The number of nitrogens with zero attached hydrogens (tertiary/aromatic N) is 4. The molecule has 3 heterocycles. The lowest BCUT2D eigenvalue weighted by Gasteiger charge is -2.35. The Balaban J connectivity index is 1.59. The van der Waals surface area contributed by atoms with Gasteiger partial charge in [-0.05, 0) is 51.3 Å². The Morgan fingerprint density at radius 1 is 1.09 bits per heavy atom. The third kappa shape index (κ3) is 7.00. The summed E-state index contributed by atoms with van der Waals surface area (Å²) < 4.78 is 13.5. The number of alkyl carbamates (subject to hydrolysis) is 1. The number of carbonyl (C=O) groups excluding carboxylic acids is 2. The van der Waals surface area contributed by atoms with Crippen molar-refractivity contribution in [1.82, 2.24) is 19.4 Å². The molecule has 4 aromatic rings. The molecule has 2 aromatic carbocycles. The zero-order chi connectivity index (χ0) is 32.3. The molecule has 2 N–H and O–H groups in total. The van der Waals surface area contributed by atoms with Gasteiger partial charge < -0.3 is 29.4 Å². The van der Waals surface area contributed by atoms with Gasteiger partial charge in [0.15, 0.2) is 5.78 Å². The molecule has 0 spiro atoms. The SMILES string of the molecule is COc1cccc(C(=O)Cn2cnc3c(C(=O)O)c(N4CCC[C@H](NC(=O)OC(C)(C)C)C4)n(Cc4ccccc4)c3c2=O)c1. The minimum Gasteiger partial charge on any atom is -0.497 e. The first-order valence-corrected chi connectivity index (χ1v) is 14.8. The molecule has 1 atom stereocenters. The Morgan fingerprint density at radius 3 is 2.53 bits per heavy atom. The van der Waals surface area contributed by atoms with Crippen LogP contribution in [-0.2, 0) is 17.8 Å². The highest BCUT2D eigenvalue weighted by Crippen LogP contribution is 2.33. The summed E-state index contributed by atoms with van der Waals surface area (Å²) in [5.41, 5.74) is 0.000106. The molecule has 1 fully saturated rings. The number of piperidine rings is 1. The summed E-state index contributed by atoms with van der Waals surface area (Å²) in [6.07, 6.45) is 2.01. The number of carboxylic acids is 1. The molecule has 0 unspecified atom stereocenters. The Kier molecular flexibility index (Phi) is 8.94. The molecule has 45 heavy (non-hydrogen) atoms. The summed E-state index contributed by atoms with van der Waals surface area (Å²) in [5.74, 6) is -0.737. The van der Waals surface area contributed by atoms with Gasteiger partial charge >= 0.3 is 12.1 Å². The maximum absolute atomic E-state index is 14.1. The molecule has 2 aromatic heterocycles. The van der Waals surface area contributed by atoms with Crippen LogP contribution < -0.4 is 20.5 Å². The molecule has 0 saturated carbocycles. The van der Waals surface area contributed by atoms with Gasteiger partial charge in [-0.1, -0.05) is 42.5 Å². The van der Waals surface area contributed by atoms with Gasteiger partial charge in [-0.25, -0.2) is 14.6 Å². The van der Waals surface area contributed by atoms with E-state index in [0.717, 1.165) is 5.56 Å². The quantitative estimate of drug-likeness (QED) is 0.263. The van der Waals surface area contributed by atoms with Crippen LogP contribution in [0.1, 0.15) is 59.9 Å². The van der Waals surface area contributed by atoms with E-state index in [0.29, 0.717) is 43.1 Å². The summed E-state index contributed by atoms with van der Waals surface area (Å²) in [4.78, 5) is 59.0. The van der Waals surface area contributed by atoms with Crippen LogP contribution in [0, 0.1) is 0 Å². The second-order valence-electron chi connectivity index (χ2n) is 12.0. The zero-order valence-electron chi connectivity index (χ0n) is 25.8. The molecule has 1 saturated heterocycles. The van der Waals surface area contributed by atoms with Crippen molar-refractivity contribution in [2.24, 2.45) is 0 Å². The largest absolute Gasteiger partial charge is 0.497 e. The second-order valence-corrected chi connectivity index (χ2v) is 12.0. The number of carbonyl (C=O) groups is 3. The molecule has 1 aliphatic heterocycles. The fourth-order valence-electron chi connectivity index (χ4n) is 5.61. The highest BCUT2D eigenvalue weighted by molar-refractivity contribution is 6.07. The van der Waals surface area contributed by atoms with E-state index in [-0.39, 0.29) is 41.5 Å². The molecule has 0 bridgehead atoms. The number of benzene rings is 2. The number of anilines is 1. The maximum atomic E-state index is 14.1. The van der Waals surface area contributed by atoms with E-state index in [1.807, 2.05) is 35.2 Å². The minimum absolute atomic E-state index is 0.0331. The summed E-state index contributed by atoms with van der Waals surface area (Å²) in [7, 11) is 1.50. The molecule has 0 aliphatic carbocycles. The molecule has 1 amide bonds. The zero-order valence-corrected chi connectivity index (χ0v) is 25.8. The molecule has 0 radical (unpaired) electrons. The molecular formula is C33H37N5O7. The average Bonchev–Trinajstić information content (AvgIpc) is 3.33. The van der Waals surface area contributed by atoms with Gasteiger partial charge in [-0.3, -0.25) is 14.2 Å². The smallest absolute Gasteiger partial charge is 0.407 e. The standard InChI is InChI=1S/C33H37N5O7/c1-33(2,3)45-32(43)35-23-13-9-15-36(18-23)29-26(31(41)42)27-28(38(29)17-21-10-6-5-7-11-21)30(40)37(20-34-27)19-25(39)22-12-8-14-24(16-22)44-4/h5-8,10-12,14,16,20,23H,9,13,15,17-19H2,1-4H3,(H,35,43)(H,41,42)/t23-/m0/s1. The van der Waals surface area contributed by atoms with Crippen molar-refractivity contribution in [3.63, 3.8) is 0 Å². The van der Waals surface area contributed by atoms with Crippen LogP contribution in [0.15, 0.2) is 65.7 Å². The number of fused-ring (bicyclic) bond motifs is 1. The van der Waals surface area contributed by atoms with Gasteiger partial charge in [0.25, 0.3) is 5.56 Å². The predicted octanol–water partition coefficient (Wildman–Crippen LogP) is 4.33. The third-order valence-electron chi connectivity index (χ3n) is 7.54. The van der Waals surface area contributed by atoms with Crippen molar-refractivity contribution in [3.8, 4) is 5.75 Å². The number of aromatic nitrogens is 3. The van der Waals surface area contributed by atoms with Crippen LogP contribution in [-0.4, -0.2) is 68.9 Å². The number of rotatable bonds is 9. The van der Waals surface area contributed by atoms with Crippen molar-refractivity contribution < 1.29 is 29.0 Å². The molecule has 1 aliphatic rings. The second kappa shape index (κ2) is 12.8. The Labute approximate surface area is 260 Å². The lowest BCUT2D eigenvalue weighted by atomic mass is 10.1. The first-order valence-electron chi connectivity index (χ1n) is 14.8. The first kappa shape index (κ1) is 31.3. The van der Waals surface area contributed by atoms with Gasteiger partial charge in [-0.15, -0.1) is 0 Å². The van der Waals surface area contributed by atoms with Gasteiger partial charge in [0.05, 0.1) is 20.0 Å². The van der Waals surface area contributed by atoms with E-state index >= 15 is 0 Å². The van der Waals surface area contributed by atoms with Gasteiger partial charge in [-0.2, -0.15) is 0 Å². The van der Waals surface area contributed by atoms with Crippen LogP contribution in [0.2, 0.25) is 0 Å². The number of amides is 1. The van der Waals surface area contributed by atoms with Crippen molar-refractivity contribution >= 4 is 34.7 Å². The van der Waals surface area contributed by atoms with Crippen LogP contribution in [0.3, 0.4) is 0 Å². The summed E-state index contributed by atoms with van der Waals surface area (Å²) in [5, 5.41) is 13.4. The Morgan fingerprint density at radius 2 is 1.84 bits per heavy atom. The minimum atomic E-state index is -1.24. The number of methoxy groups -OCH3 is 1. The van der Waals surface area contributed by atoms with E-state index < -0.39 is 23.2 Å². The van der Waals surface area contributed by atoms with Crippen molar-refractivity contribution in [2.45, 2.75) is 58.3 Å². The lowest BCUT2D eigenvalue weighted by Crippen LogP contribution is -2.49. The number of aromatic carboxylic acids is 1. The van der Waals surface area contributed by atoms with E-state index in [2.05, 4.69) is 10.3 Å². The number of Topliss-reactive ketones (excluding diaryl/α,β-unsaturated/α-hetero) is 1. The van der Waals surface area contributed by atoms with Crippen LogP contribution >= 0.6 is 0 Å². The summed E-state index contributed by atoms with van der Waals surface area (Å²) >= 11 is 0. The fourth-order valence-corrected chi connectivity index (χ4v) is 5.61. The van der Waals surface area contributed by atoms with Crippen molar-refractivity contribution in [2.75, 3.05) is 25.1 Å². The number of hydrogen-bond acceptors (Lipinski definition) is 8. The van der Waals surface area contributed by atoms with Gasteiger partial charge in [0.2, 0.25) is 0 Å². The first-order chi connectivity index (χ1) is 21.4. The number of ether oxygens (including phenoxy) is 2. The Bertz CT molecular complexity index is 1790. The van der Waals surface area contributed by atoms with E-state index in [1.165, 1.54) is 18.0 Å². The number of hydrogen-bond donors (Lipinski definition) is 2. The molecule has 12 nitrogen and oxygen atoms in total. The van der Waals surface area contributed by atoms with E-state index in [4.69, 9.17) is 9.47 Å². The highest BCUT2D eigenvalue weighted by Gasteiger charge is 2.33. The normalized spacial score (nSPS) is 15.1. The number of ketones is 1. The van der Waals surface area contributed by atoms with Crippen molar-refractivity contribution in [3.05, 3.63) is 88.0 Å². The number of carboxylic acid groups (broad SMARTS) is 1. The molecular weight excluding hydrogens is 578 g/mol. The maximum Gasteiger partial charge on any atom is 0.407 e. The van der Waals surface area contributed by atoms with Crippen molar-refractivity contribution in [1.29, 1.82) is 0 Å². The van der Waals surface area contributed by atoms with Crippen LogP contribution in [0.4, 0.5) is 10.6 Å². The summed E-state index contributed by atoms with van der Waals surface area (Å²) in [6, 6.07) is 15.7. The lowest BCUT2D eigenvalue weighted by molar-refractivity contribution is 0.0498. The van der Waals surface area contributed by atoms with Crippen LogP contribution in [0.5, 0.6) is 5.75 Å². The topological polar surface area (TPSA) is 145 Å². The van der Waals surface area contributed by atoms with Gasteiger partial charge in [0, 0.05) is 31.2 Å². The van der Waals surface area contributed by atoms with Crippen LogP contribution in [0.25, 0.3) is 11.0 Å². The number of nitrogens with one attached hydrogen (secondary N) is 1. The van der Waals surface area contributed by atoms with Gasteiger partial charge in [0.1, 0.15) is 33.8 Å². The Hall–Kier alpha value is -5.13. The fraction of sp³-hybridized carbons (Fsp3) is 0.364. The predicted molar refractivity (Wildman–Crippen MR) is 168 cm³/mol. The monoisotopic (exact) mass is 615 g/mol. The molecule has 5 rings (SSSR count). The average molecular weight is 616 g/mol. The molecule has 12 heteroatoms. The third-order valence-corrected chi connectivity index (χ3v) is 7.54. The highest BCUT2D eigenvalue weighted by atomic mass is 16.6. The molecule has 236 valence electrons.